The van der Waals surface area contributed by atoms with Gasteiger partial charge in [0.1, 0.15) is 5.60 Å². The highest BCUT2D eigenvalue weighted by molar-refractivity contribution is 5.90. The number of aryl methyl sites for hydroxylation is 1. The molecule has 0 amide bonds. The Morgan fingerprint density at radius 3 is 2.57 bits per heavy atom. The number of carbonyl (C=O) groups is 2. The topological polar surface area (TPSA) is 81.4 Å². The van der Waals surface area contributed by atoms with E-state index in [0.29, 0.717) is 11.2 Å². The van der Waals surface area contributed by atoms with E-state index in [4.69, 9.17) is 9.84 Å². The predicted octanol–water partition coefficient (Wildman–Crippen LogP) is 2.84. The molecule has 0 aliphatic heterocycles. The van der Waals surface area contributed by atoms with Crippen LogP contribution in [0.5, 0.6) is 0 Å². The SMILES string of the molecule is CC(C)(C)OC(=O)n1nc(CCC(=O)O)c2ccccc21. The van der Waals surface area contributed by atoms with Crippen molar-refractivity contribution in [2.24, 2.45) is 0 Å². The van der Waals surface area contributed by atoms with Crippen molar-refractivity contribution >= 4 is 23.0 Å². The fourth-order valence-electron chi connectivity index (χ4n) is 1.99. The number of aliphatic carboxylic acids is 1. The molecule has 0 bridgehead atoms. The summed E-state index contributed by atoms with van der Waals surface area (Å²) < 4.78 is 6.51. The number of carboxylic acid groups (broad SMARTS) is 1. The lowest BCUT2D eigenvalue weighted by Gasteiger charge is -2.19. The lowest BCUT2D eigenvalue weighted by Crippen LogP contribution is -2.27. The van der Waals surface area contributed by atoms with Crippen LogP contribution < -0.4 is 0 Å². The van der Waals surface area contributed by atoms with Crippen LogP contribution in [0.25, 0.3) is 10.9 Å². The number of benzene rings is 1. The summed E-state index contributed by atoms with van der Waals surface area (Å²) >= 11 is 0. The average Bonchev–Trinajstić information content (AvgIpc) is 2.73. The van der Waals surface area contributed by atoms with Crippen LogP contribution in [0.2, 0.25) is 0 Å². The van der Waals surface area contributed by atoms with Crippen molar-refractivity contribution in [1.29, 1.82) is 0 Å². The fraction of sp³-hybridized carbons (Fsp3) is 0.400. The van der Waals surface area contributed by atoms with Gasteiger partial charge in [-0.3, -0.25) is 4.79 Å². The number of para-hydroxylation sites is 1. The van der Waals surface area contributed by atoms with E-state index in [1.54, 1.807) is 32.9 Å². The first-order chi connectivity index (χ1) is 9.78. The van der Waals surface area contributed by atoms with Crippen molar-refractivity contribution in [2.75, 3.05) is 0 Å². The molecule has 0 unspecified atom stereocenters. The lowest BCUT2D eigenvalue weighted by molar-refractivity contribution is -0.136. The van der Waals surface area contributed by atoms with Crippen molar-refractivity contribution in [2.45, 2.75) is 39.2 Å². The van der Waals surface area contributed by atoms with Crippen LogP contribution in [0.1, 0.15) is 32.9 Å². The van der Waals surface area contributed by atoms with E-state index in [9.17, 15) is 9.59 Å². The molecule has 2 rings (SSSR count). The van der Waals surface area contributed by atoms with Gasteiger partial charge >= 0.3 is 12.1 Å². The van der Waals surface area contributed by atoms with Gasteiger partial charge in [-0.05, 0) is 26.8 Å². The number of rotatable bonds is 3. The number of hydrogen-bond donors (Lipinski definition) is 1. The molecule has 0 saturated carbocycles. The van der Waals surface area contributed by atoms with Crippen LogP contribution in [0.15, 0.2) is 24.3 Å². The Morgan fingerprint density at radius 1 is 1.29 bits per heavy atom. The second-order valence-electron chi connectivity index (χ2n) is 5.75. The Balaban J connectivity index is 2.40. The molecule has 6 nitrogen and oxygen atoms in total. The summed E-state index contributed by atoms with van der Waals surface area (Å²) in [6, 6.07) is 7.20. The smallest absolute Gasteiger partial charge is 0.435 e. The summed E-state index contributed by atoms with van der Waals surface area (Å²) in [6.07, 6.45) is -0.332. The molecule has 0 spiro atoms. The maximum absolute atomic E-state index is 12.2. The predicted molar refractivity (Wildman–Crippen MR) is 77.3 cm³/mol. The Morgan fingerprint density at radius 2 is 1.95 bits per heavy atom. The maximum atomic E-state index is 12.2. The summed E-state index contributed by atoms with van der Waals surface area (Å²) in [5, 5.41) is 13.8. The molecule has 0 saturated heterocycles. The van der Waals surface area contributed by atoms with Gasteiger partial charge in [0.2, 0.25) is 0 Å². The van der Waals surface area contributed by atoms with Gasteiger partial charge < -0.3 is 9.84 Å². The molecule has 0 atom stereocenters. The zero-order valence-electron chi connectivity index (χ0n) is 12.3. The van der Waals surface area contributed by atoms with Gasteiger partial charge in [0.05, 0.1) is 17.6 Å². The van der Waals surface area contributed by atoms with Crippen molar-refractivity contribution in [3.63, 3.8) is 0 Å². The molecule has 1 aromatic heterocycles. The third-order valence-electron chi connectivity index (χ3n) is 2.81. The van der Waals surface area contributed by atoms with Gasteiger partial charge in [-0.2, -0.15) is 9.78 Å². The summed E-state index contributed by atoms with van der Waals surface area (Å²) in [7, 11) is 0. The molecule has 21 heavy (non-hydrogen) atoms. The largest absolute Gasteiger partial charge is 0.481 e. The van der Waals surface area contributed by atoms with Crippen molar-refractivity contribution in [1.82, 2.24) is 9.78 Å². The standard InChI is InChI=1S/C15H18N2O4/c1-15(2,3)21-14(20)17-12-7-5-4-6-10(12)11(16-17)8-9-13(18)19/h4-7H,8-9H2,1-3H3,(H,18,19). The number of carbonyl (C=O) groups excluding carboxylic acids is 1. The highest BCUT2D eigenvalue weighted by Gasteiger charge is 2.22. The number of aromatic nitrogens is 2. The molecular formula is C15H18N2O4. The highest BCUT2D eigenvalue weighted by atomic mass is 16.6. The monoisotopic (exact) mass is 290 g/mol. The molecule has 0 fully saturated rings. The zero-order chi connectivity index (χ0) is 15.6. The number of fused-ring (bicyclic) bond motifs is 1. The van der Waals surface area contributed by atoms with E-state index < -0.39 is 17.7 Å². The van der Waals surface area contributed by atoms with E-state index in [1.807, 2.05) is 12.1 Å². The van der Waals surface area contributed by atoms with Gasteiger partial charge in [0.15, 0.2) is 0 Å². The van der Waals surface area contributed by atoms with Crippen LogP contribution in [-0.4, -0.2) is 32.6 Å². The molecule has 6 heteroatoms. The van der Waals surface area contributed by atoms with E-state index in [-0.39, 0.29) is 12.8 Å². The third-order valence-corrected chi connectivity index (χ3v) is 2.81. The van der Waals surface area contributed by atoms with E-state index in [1.165, 1.54) is 4.68 Å². The molecule has 112 valence electrons. The number of ether oxygens (including phenoxy) is 1. The zero-order valence-corrected chi connectivity index (χ0v) is 12.3. The molecule has 2 aromatic rings. The van der Waals surface area contributed by atoms with Gasteiger partial charge in [-0.15, -0.1) is 0 Å². The van der Waals surface area contributed by atoms with Crippen molar-refractivity contribution in [3.8, 4) is 0 Å². The van der Waals surface area contributed by atoms with Crippen molar-refractivity contribution in [3.05, 3.63) is 30.0 Å². The van der Waals surface area contributed by atoms with E-state index in [0.717, 1.165) is 5.39 Å². The Labute approximate surface area is 122 Å². The third kappa shape index (κ3) is 3.59. The second-order valence-corrected chi connectivity index (χ2v) is 5.75. The Kier molecular flexibility index (Phi) is 3.97. The first kappa shape index (κ1) is 15.0. The minimum Gasteiger partial charge on any atom is -0.481 e. The fourth-order valence-corrected chi connectivity index (χ4v) is 1.99. The Bertz CT molecular complexity index is 683. The van der Waals surface area contributed by atoms with Crippen LogP contribution in [0, 0.1) is 0 Å². The van der Waals surface area contributed by atoms with Gasteiger partial charge in [0, 0.05) is 11.8 Å². The average molecular weight is 290 g/mol. The van der Waals surface area contributed by atoms with E-state index in [2.05, 4.69) is 5.10 Å². The minimum absolute atomic E-state index is 0.0324. The molecular weight excluding hydrogens is 272 g/mol. The van der Waals surface area contributed by atoms with Gasteiger partial charge in [0.25, 0.3) is 0 Å². The summed E-state index contributed by atoms with van der Waals surface area (Å²) in [5.41, 5.74) is 0.580. The van der Waals surface area contributed by atoms with Crippen LogP contribution in [-0.2, 0) is 16.0 Å². The molecule has 0 radical (unpaired) electrons. The summed E-state index contributed by atoms with van der Waals surface area (Å²) in [6.45, 7) is 5.34. The number of nitrogens with zero attached hydrogens (tertiary/aromatic N) is 2. The Hall–Kier alpha value is -2.37. The molecule has 1 aromatic carbocycles. The second kappa shape index (κ2) is 5.55. The van der Waals surface area contributed by atoms with Crippen LogP contribution in [0.4, 0.5) is 4.79 Å². The maximum Gasteiger partial charge on any atom is 0.435 e. The van der Waals surface area contributed by atoms with E-state index >= 15 is 0 Å². The normalized spacial score (nSPS) is 11.6. The van der Waals surface area contributed by atoms with Gasteiger partial charge in [-0.1, -0.05) is 18.2 Å². The van der Waals surface area contributed by atoms with Crippen LogP contribution in [0.3, 0.4) is 0 Å². The van der Waals surface area contributed by atoms with Crippen LogP contribution >= 0.6 is 0 Å². The highest BCUT2D eigenvalue weighted by Crippen LogP contribution is 2.21. The molecule has 0 aliphatic carbocycles. The van der Waals surface area contributed by atoms with Gasteiger partial charge in [-0.25, -0.2) is 4.79 Å². The quantitative estimate of drug-likeness (QED) is 0.940. The summed E-state index contributed by atoms with van der Waals surface area (Å²) in [5.74, 6) is -0.897. The summed E-state index contributed by atoms with van der Waals surface area (Å²) in [4.78, 5) is 22.9. The number of hydrogen-bond acceptors (Lipinski definition) is 4. The molecule has 1 N–H and O–H groups in total. The molecule has 0 aliphatic rings. The van der Waals surface area contributed by atoms with Crippen molar-refractivity contribution < 1.29 is 19.4 Å². The lowest BCUT2D eigenvalue weighted by atomic mass is 10.1. The minimum atomic E-state index is -0.897. The first-order valence-corrected chi connectivity index (χ1v) is 6.70. The first-order valence-electron chi connectivity index (χ1n) is 6.70. The molecule has 1 heterocycles. The number of carboxylic acids is 1.